The van der Waals surface area contributed by atoms with Crippen LogP contribution in [0.15, 0.2) is 0 Å². The van der Waals surface area contributed by atoms with Gasteiger partial charge in [-0.25, -0.2) is 8.42 Å². The lowest BCUT2D eigenvalue weighted by atomic mass is 9.95. The van der Waals surface area contributed by atoms with Crippen LogP contribution in [0, 0.1) is 0 Å². The van der Waals surface area contributed by atoms with Crippen molar-refractivity contribution in [3.63, 3.8) is 0 Å². The molecule has 0 amide bonds. The maximum Gasteiger partial charge on any atom is 0.219 e. The molecule has 0 radical (unpaired) electrons. The van der Waals surface area contributed by atoms with E-state index in [0.29, 0.717) is 19.6 Å². The first kappa shape index (κ1) is 12.3. The zero-order valence-electron chi connectivity index (χ0n) is 9.93. The monoisotopic (exact) mass is 249 g/mol. The molecule has 0 bridgehead atoms. The van der Waals surface area contributed by atoms with Crippen molar-refractivity contribution in [1.82, 2.24) is 4.31 Å². The Morgan fingerprint density at radius 3 is 2.31 bits per heavy atom. The van der Waals surface area contributed by atoms with Crippen LogP contribution in [-0.4, -0.2) is 54.0 Å². The van der Waals surface area contributed by atoms with Crippen molar-refractivity contribution < 1.29 is 18.3 Å². The Morgan fingerprint density at radius 2 is 1.94 bits per heavy atom. The standard InChI is InChI=1S/C10H19NO4S/c1-9(2,3)16(13,14)11-5-8(12)4-10(11)6-15-7-10/h8,12H,4-7H2,1-3H3. The number of hydrogen-bond acceptors (Lipinski definition) is 4. The van der Waals surface area contributed by atoms with Crippen LogP contribution in [0.3, 0.4) is 0 Å². The molecule has 2 heterocycles. The van der Waals surface area contributed by atoms with Crippen molar-refractivity contribution in [2.75, 3.05) is 19.8 Å². The van der Waals surface area contributed by atoms with E-state index < -0.39 is 26.4 Å². The zero-order chi connectivity index (χ0) is 12.2. The van der Waals surface area contributed by atoms with Gasteiger partial charge in [-0.1, -0.05) is 0 Å². The highest BCUT2D eigenvalue weighted by Gasteiger charge is 2.57. The summed E-state index contributed by atoms with van der Waals surface area (Å²) < 4.78 is 30.5. The first-order valence-electron chi connectivity index (χ1n) is 5.47. The van der Waals surface area contributed by atoms with Gasteiger partial charge in [0.2, 0.25) is 10.0 Å². The molecule has 0 aliphatic carbocycles. The number of aliphatic hydroxyl groups excluding tert-OH is 1. The molecule has 0 saturated carbocycles. The first-order chi connectivity index (χ1) is 7.19. The van der Waals surface area contributed by atoms with E-state index in [9.17, 15) is 13.5 Å². The van der Waals surface area contributed by atoms with Crippen LogP contribution in [0.1, 0.15) is 27.2 Å². The number of rotatable bonds is 1. The lowest BCUT2D eigenvalue weighted by Crippen LogP contribution is -2.62. The van der Waals surface area contributed by atoms with Crippen LogP contribution in [-0.2, 0) is 14.8 Å². The molecule has 2 rings (SSSR count). The minimum Gasteiger partial charge on any atom is -0.392 e. The first-order valence-corrected chi connectivity index (χ1v) is 6.91. The largest absolute Gasteiger partial charge is 0.392 e. The summed E-state index contributed by atoms with van der Waals surface area (Å²) in [5.74, 6) is 0. The smallest absolute Gasteiger partial charge is 0.219 e. The second kappa shape index (κ2) is 3.41. The highest BCUT2D eigenvalue weighted by molar-refractivity contribution is 7.90. The molecule has 2 fully saturated rings. The van der Waals surface area contributed by atoms with Gasteiger partial charge in [-0.3, -0.25) is 0 Å². The van der Waals surface area contributed by atoms with E-state index in [4.69, 9.17) is 4.74 Å². The highest BCUT2D eigenvalue weighted by Crippen LogP contribution is 2.40. The van der Waals surface area contributed by atoms with Crippen LogP contribution >= 0.6 is 0 Å². The molecule has 1 N–H and O–H groups in total. The van der Waals surface area contributed by atoms with Crippen molar-refractivity contribution >= 4 is 10.0 Å². The average Bonchev–Trinajstić information content (AvgIpc) is 2.40. The summed E-state index contributed by atoms with van der Waals surface area (Å²) in [7, 11) is -3.38. The normalized spacial score (nSPS) is 30.6. The van der Waals surface area contributed by atoms with Gasteiger partial charge in [-0.05, 0) is 27.2 Å². The van der Waals surface area contributed by atoms with E-state index in [-0.39, 0.29) is 6.54 Å². The third-order valence-corrected chi connectivity index (χ3v) is 5.99. The maximum absolute atomic E-state index is 12.4. The predicted molar refractivity (Wildman–Crippen MR) is 59.6 cm³/mol. The van der Waals surface area contributed by atoms with Gasteiger partial charge in [0.15, 0.2) is 0 Å². The summed E-state index contributed by atoms with van der Waals surface area (Å²) >= 11 is 0. The zero-order valence-corrected chi connectivity index (χ0v) is 10.7. The summed E-state index contributed by atoms with van der Waals surface area (Å²) in [5.41, 5.74) is -0.481. The molecule has 1 atom stereocenters. The SMILES string of the molecule is CC(C)(C)S(=O)(=O)N1CC(O)CC12COC2. The topological polar surface area (TPSA) is 66.8 Å². The van der Waals surface area contributed by atoms with E-state index in [0.717, 1.165) is 0 Å². The molecular formula is C10H19NO4S. The fourth-order valence-corrected chi connectivity index (χ4v) is 3.99. The number of sulfonamides is 1. The molecule has 1 spiro atoms. The summed E-state index contributed by atoms with van der Waals surface area (Å²) in [6.07, 6.45) is -0.0801. The molecule has 2 saturated heterocycles. The van der Waals surface area contributed by atoms with Crippen molar-refractivity contribution in [2.45, 2.75) is 43.6 Å². The summed E-state index contributed by atoms with van der Waals surface area (Å²) in [4.78, 5) is 0. The average molecular weight is 249 g/mol. The van der Waals surface area contributed by atoms with E-state index in [1.54, 1.807) is 20.8 Å². The highest BCUT2D eigenvalue weighted by atomic mass is 32.2. The van der Waals surface area contributed by atoms with E-state index in [1.165, 1.54) is 4.31 Å². The molecule has 5 nitrogen and oxygen atoms in total. The number of aliphatic hydroxyl groups is 1. The molecular weight excluding hydrogens is 230 g/mol. The number of β-amino-alcohol motifs (C(OH)–C–C–N with tert-alkyl or cyclic N) is 1. The molecule has 6 heteroatoms. The maximum atomic E-state index is 12.4. The fraction of sp³-hybridized carbons (Fsp3) is 1.00. The minimum absolute atomic E-state index is 0.197. The molecule has 94 valence electrons. The molecule has 2 aliphatic heterocycles. The third kappa shape index (κ3) is 1.59. The van der Waals surface area contributed by atoms with Crippen molar-refractivity contribution in [3.05, 3.63) is 0 Å². The van der Waals surface area contributed by atoms with Gasteiger partial charge in [0, 0.05) is 6.54 Å². The van der Waals surface area contributed by atoms with Crippen LogP contribution < -0.4 is 0 Å². The van der Waals surface area contributed by atoms with E-state index >= 15 is 0 Å². The van der Waals surface area contributed by atoms with Crippen LogP contribution in [0.4, 0.5) is 0 Å². The summed E-state index contributed by atoms with van der Waals surface area (Å²) in [6.45, 7) is 6.04. The second-order valence-electron chi connectivity index (χ2n) is 5.72. The van der Waals surface area contributed by atoms with Crippen molar-refractivity contribution in [3.8, 4) is 0 Å². The molecule has 0 aromatic rings. The molecule has 1 unspecified atom stereocenters. The third-order valence-electron chi connectivity index (χ3n) is 3.33. The quantitative estimate of drug-likeness (QED) is 0.707. The van der Waals surface area contributed by atoms with Crippen molar-refractivity contribution in [1.29, 1.82) is 0 Å². The van der Waals surface area contributed by atoms with Gasteiger partial charge in [-0.2, -0.15) is 4.31 Å². The van der Waals surface area contributed by atoms with Gasteiger partial charge >= 0.3 is 0 Å². The van der Waals surface area contributed by atoms with Gasteiger partial charge in [0.05, 0.1) is 29.6 Å². The lowest BCUT2D eigenvalue weighted by Gasteiger charge is -2.45. The van der Waals surface area contributed by atoms with Crippen LogP contribution in [0.5, 0.6) is 0 Å². The lowest BCUT2D eigenvalue weighted by molar-refractivity contribution is -0.0983. The Balaban J connectivity index is 2.34. The molecule has 0 aromatic carbocycles. The Hall–Kier alpha value is -0.170. The van der Waals surface area contributed by atoms with Gasteiger partial charge in [0.25, 0.3) is 0 Å². The fourth-order valence-electron chi connectivity index (χ4n) is 2.27. The van der Waals surface area contributed by atoms with Crippen LogP contribution in [0.2, 0.25) is 0 Å². The van der Waals surface area contributed by atoms with Crippen molar-refractivity contribution in [2.24, 2.45) is 0 Å². The Bertz CT molecular complexity index is 380. The van der Waals surface area contributed by atoms with E-state index in [2.05, 4.69) is 0 Å². The van der Waals surface area contributed by atoms with Gasteiger partial charge in [0.1, 0.15) is 0 Å². The Kier molecular flexibility index (Phi) is 2.62. The van der Waals surface area contributed by atoms with E-state index in [1.807, 2.05) is 0 Å². The second-order valence-corrected chi connectivity index (χ2v) is 8.34. The molecule has 2 aliphatic rings. The summed E-state index contributed by atoms with van der Waals surface area (Å²) in [6, 6.07) is 0. The van der Waals surface area contributed by atoms with Gasteiger partial charge in [-0.15, -0.1) is 0 Å². The predicted octanol–water partition coefficient (Wildman–Crippen LogP) is -0.0497. The Morgan fingerprint density at radius 1 is 1.38 bits per heavy atom. The number of hydrogen-bond donors (Lipinski definition) is 1. The summed E-state index contributed by atoms with van der Waals surface area (Å²) in [5, 5.41) is 9.67. The molecule has 16 heavy (non-hydrogen) atoms. The van der Waals surface area contributed by atoms with Gasteiger partial charge < -0.3 is 9.84 Å². The number of nitrogens with zero attached hydrogens (tertiary/aromatic N) is 1. The Labute approximate surface area is 96.4 Å². The number of ether oxygens (including phenoxy) is 1. The minimum atomic E-state index is -3.38. The van der Waals surface area contributed by atoms with Crippen LogP contribution in [0.25, 0.3) is 0 Å². The molecule has 0 aromatic heterocycles.